The molecule has 5 heteroatoms. The van der Waals surface area contributed by atoms with Gasteiger partial charge in [-0.15, -0.1) is 11.3 Å². The minimum Gasteiger partial charge on any atom is -0.481 e. The van der Waals surface area contributed by atoms with E-state index in [9.17, 15) is 4.79 Å². The molecule has 1 N–H and O–H groups in total. The van der Waals surface area contributed by atoms with Crippen molar-refractivity contribution in [3.8, 4) is 10.6 Å². The number of hydrogen-bond donors (Lipinski definition) is 1. The van der Waals surface area contributed by atoms with E-state index in [4.69, 9.17) is 9.63 Å². The minimum atomic E-state index is -0.918. The third-order valence-electron chi connectivity index (χ3n) is 1.66. The molecule has 0 aliphatic rings. The van der Waals surface area contributed by atoms with Crippen LogP contribution in [0.2, 0.25) is 0 Å². The molecular formula is C9H7NO3S. The predicted molar refractivity (Wildman–Crippen MR) is 51.2 cm³/mol. The van der Waals surface area contributed by atoms with E-state index in [1.54, 1.807) is 6.07 Å². The van der Waals surface area contributed by atoms with E-state index < -0.39 is 5.97 Å². The highest BCUT2D eigenvalue weighted by molar-refractivity contribution is 7.13. The van der Waals surface area contributed by atoms with Crippen molar-refractivity contribution in [2.45, 2.75) is 6.42 Å². The van der Waals surface area contributed by atoms with E-state index in [-0.39, 0.29) is 6.42 Å². The van der Waals surface area contributed by atoms with E-state index in [0.29, 0.717) is 11.5 Å². The molecule has 0 aliphatic heterocycles. The Kier molecular flexibility index (Phi) is 2.32. The third kappa shape index (κ3) is 1.82. The first-order valence-electron chi connectivity index (χ1n) is 3.97. The average Bonchev–Trinajstić information content (AvgIpc) is 2.69. The molecule has 0 fully saturated rings. The zero-order valence-corrected chi connectivity index (χ0v) is 7.95. The number of nitrogens with zero attached hydrogens (tertiary/aromatic N) is 1. The predicted octanol–water partition coefficient (Wildman–Crippen LogP) is 2.03. The van der Waals surface area contributed by atoms with Gasteiger partial charge in [0.25, 0.3) is 0 Å². The van der Waals surface area contributed by atoms with Crippen LogP contribution in [0.1, 0.15) is 5.76 Å². The van der Waals surface area contributed by atoms with Crippen LogP contribution in [0.4, 0.5) is 0 Å². The zero-order valence-electron chi connectivity index (χ0n) is 7.14. The van der Waals surface area contributed by atoms with Gasteiger partial charge in [0, 0.05) is 6.07 Å². The molecule has 0 saturated carbocycles. The monoisotopic (exact) mass is 209 g/mol. The molecule has 14 heavy (non-hydrogen) atoms. The summed E-state index contributed by atoms with van der Waals surface area (Å²) in [5.74, 6) is -0.542. The number of thiophene rings is 1. The van der Waals surface area contributed by atoms with Crippen molar-refractivity contribution in [1.29, 1.82) is 0 Å². The van der Waals surface area contributed by atoms with E-state index in [0.717, 1.165) is 4.88 Å². The van der Waals surface area contributed by atoms with Gasteiger partial charge in [-0.1, -0.05) is 11.2 Å². The highest BCUT2D eigenvalue weighted by Gasteiger charge is 2.09. The second kappa shape index (κ2) is 3.63. The Morgan fingerprint density at radius 2 is 2.50 bits per heavy atom. The van der Waals surface area contributed by atoms with Gasteiger partial charge in [-0.25, -0.2) is 0 Å². The number of rotatable bonds is 3. The van der Waals surface area contributed by atoms with E-state index in [1.807, 2.05) is 17.5 Å². The molecular weight excluding hydrogens is 202 g/mol. The SMILES string of the molecule is O=C(O)Cc1cc(-c2cccs2)no1. The first-order chi connectivity index (χ1) is 6.75. The molecule has 2 aromatic heterocycles. The maximum absolute atomic E-state index is 10.4. The lowest BCUT2D eigenvalue weighted by Gasteiger charge is -1.84. The number of carbonyl (C=O) groups is 1. The number of aliphatic carboxylic acids is 1. The minimum absolute atomic E-state index is 0.127. The molecule has 2 aromatic rings. The zero-order chi connectivity index (χ0) is 9.97. The van der Waals surface area contributed by atoms with Crippen molar-refractivity contribution in [3.63, 3.8) is 0 Å². The lowest BCUT2D eigenvalue weighted by atomic mass is 10.3. The summed E-state index contributed by atoms with van der Waals surface area (Å²) in [7, 11) is 0. The average molecular weight is 209 g/mol. The number of carboxylic acids is 1. The molecule has 0 radical (unpaired) electrons. The van der Waals surface area contributed by atoms with Crippen LogP contribution in [-0.2, 0) is 11.2 Å². The van der Waals surface area contributed by atoms with Crippen molar-refractivity contribution in [3.05, 3.63) is 29.3 Å². The molecule has 2 heterocycles. The maximum atomic E-state index is 10.4. The molecule has 4 nitrogen and oxygen atoms in total. The number of aromatic nitrogens is 1. The second-order valence-corrected chi connectivity index (χ2v) is 3.67. The summed E-state index contributed by atoms with van der Waals surface area (Å²) < 4.78 is 4.88. The quantitative estimate of drug-likeness (QED) is 0.840. The summed E-state index contributed by atoms with van der Waals surface area (Å²) >= 11 is 1.54. The van der Waals surface area contributed by atoms with Crippen LogP contribution in [0.5, 0.6) is 0 Å². The van der Waals surface area contributed by atoms with Gasteiger partial charge in [-0.05, 0) is 11.4 Å². The van der Waals surface area contributed by atoms with Gasteiger partial charge < -0.3 is 9.63 Å². The van der Waals surface area contributed by atoms with E-state index >= 15 is 0 Å². The highest BCUT2D eigenvalue weighted by atomic mass is 32.1. The lowest BCUT2D eigenvalue weighted by Crippen LogP contribution is -1.97. The molecule has 0 aromatic carbocycles. The van der Waals surface area contributed by atoms with Crippen LogP contribution in [0.15, 0.2) is 28.1 Å². The molecule has 0 atom stereocenters. The summed E-state index contributed by atoms with van der Waals surface area (Å²) in [6, 6.07) is 5.47. The molecule has 0 saturated heterocycles. The van der Waals surface area contributed by atoms with Crippen LogP contribution in [-0.4, -0.2) is 16.2 Å². The summed E-state index contributed by atoms with van der Waals surface area (Å²) in [5, 5.41) is 14.2. The standard InChI is InChI=1S/C9H7NO3S/c11-9(12)5-6-4-7(10-13-6)8-2-1-3-14-8/h1-4H,5H2,(H,11,12). The maximum Gasteiger partial charge on any atom is 0.311 e. The fourth-order valence-corrected chi connectivity index (χ4v) is 1.76. The van der Waals surface area contributed by atoms with Gasteiger partial charge >= 0.3 is 5.97 Å². The molecule has 2 rings (SSSR count). The van der Waals surface area contributed by atoms with Crippen LogP contribution < -0.4 is 0 Å². The van der Waals surface area contributed by atoms with Gasteiger partial charge in [0.2, 0.25) is 0 Å². The smallest absolute Gasteiger partial charge is 0.311 e. The Morgan fingerprint density at radius 1 is 1.64 bits per heavy atom. The van der Waals surface area contributed by atoms with Crippen LogP contribution in [0, 0.1) is 0 Å². The Hall–Kier alpha value is -1.62. The Bertz CT molecular complexity index is 433. The molecule has 0 unspecified atom stereocenters. The molecule has 0 spiro atoms. The molecule has 72 valence electrons. The van der Waals surface area contributed by atoms with E-state index in [2.05, 4.69) is 5.16 Å². The molecule has 0 bridgehead atoms. The van der Waals surface area contributed by atoms with Gasteiger partial charge in [-0.2, -0.15) is 0 Å². The first-order valence-corrected chi connectivity index (χ1v) is 4.85. The lowest BCUT2D eigenvalue weighted by molar-refractivity contribution is -0.136. The van der Waals surface area contributed by atoms with Crippen LogP contribution in [0.25, 0.3) is 10.6 Å². The summed E-state index contributed by atoms with van der Waals surface area (Å²) in [4.78, 5) is 11.4. The van der Waals surface area contributed by atoms with Gasteiger partial charge in [0.15, 0.2) is 0 Å². The normalized spacial score (nSPS) is 10.3. The number of hydrogen-bond acceptors (Lipinski definition) is 4. The van der Waals surface area contributed by atoms with Crippen molar-refractivity contribution in [1.82, 2.24) is 5.16 Å². The molecule has 0 aliphatic carbocycles. The fraction of sp³-hybridized carbons (Fsp3) is 0.111. The summed E-state index contributed by atoms with van der Waals surface area (Å²) in [6.07, 6.45) is -0.127. The third-order valence-corrected chi connectivity index (χ3v) is 2.55. The van der Waals surface area contributed by atoms with Crippen molar-refractivity contribution < 1.29 is 14.4 Å². The highest BCUT2D eigenvalue weighted by Crippen LogP contribution is 2.23. The van der Waals surface area contributed by atoms with Gasteiger partial charge in [-0.3, -0.25) is 4.79 Å². The largest absolute Gasteiger partial charge is 0.481 e. The van der Waals surface area contributed by atoms with Crippen LogP contribution in [0.3, 0.4) is 0 Å². The van der Waals surface area contributed by atoms with E-state index in [1.165, 1.54) is 11.3 Å². The Morgan fingerprint density at radius 3 is 3.14 bits per heavy atom. The summed E-state index contributed by atoms with van der Waals surface area (Å²) in [6.45, 7) is 0. The Labute approximate surface area is 83.8 Å². The number of carboxylic acid groups (broad SMARTS) is 1. The molecule has 0 amide bonds. The van der Waals surface area contributed by atoms with Crippen molar-refractivity contribution in [2.75, 3.05) is 0 Å². The fourth-order valence-electron chi connectivity index (χ4n) is 1.09. The van der Waals surface area contributed by atoms with Crippen molar-refractivity contribution >= 4 is 17.3 Å². The van der Waals surface area contributed by atoms with Gasteiger partial charge in [0.1, 0.15) is 17.9 Å². The van der Waals surface area contributed by atoms with Crippen molar-refractivity contribution in [2.24, 2.45) is 0 Å². The second-order valence-electron chi connectivity index (χ2n) is 2.73. The Balaban J connectivity index is 2.22. The first kappa shape index (κ1) is 8.96. The van der Waals surface area contributed by atoms with Crippen LogP contribution >= 0.6 is 11.3 Å². The summed E-state index contributed by atoms with van der Waals surface area (Å²) in [5.41, 5.74) is 0.691. The topological polar surface area (TPSA) is 63.3 Å². The van der Waals surface area contributed by atoms with Gasteiger partial charge in [0.05, 0.1) is 4.88 Å².